The minimum atomic E-state index is -0.643. The van der Waals surface area contributed by atoms with E-state index in [9.17, 15) is 14.4 Å². The zero-order valence-electron chi connectivity index (χ0n) is 19.4. The molecule has 0 heterocycles. The van der Waals surface area contributed by atoms with Crippen molar-refractivity contribution in [2.45, 2.75) is 59.2 Å². The van der Waals surface area contributed by atoms with Crippen molar-refractivity contribution in [2.24, 2.45) is 5.92 Å². The summed E-state index contributed by atoms with van der Waals surface area (Å²) in [5.41, 5.74) is 2.20. The van der Waals surface area contributed by atoms with Crippen molar-refractivity contribution in [1.29, 1.82) is 0 Å². The molecule has 0 aromatic heterocycles. The summed E-state index contributed by atoms with van der Waals surface area (Å²) in [4.78, 5) is 39.4. The van der Waals surface area contributed by atoms with Crippen molar-refractivity contribution in [3.05, 3.63) is 71.8 Å². The largest absolute Gasteiger partial charge is 0.344 e. The van der Waals surface area contributed by atoms with Gasteiger partial charge in [-0.1, -0.05) is 72.4 Å². The van der Waals surface area contributed by atoms with Crippen molar-refractivity contribution in [1.82, 2.24) is 10.2 Å². The molecule has 2 atom stereocenters. The first-order valence-corrected chi connectivity index (χ1v) is 12.1. The van der Waals surface area contributed by atoms with Crippen molar-refractivity contribution in [2.75, 3.05) is 5.75 Å². The third-order valence-corrected chi connectivity index (χ3v) is 6.29. The van der Waals surface area contributed by atoms with Crippen LogP contribution in [0, 0.1) is 5.92 Å². The Kier molecular flexibility index (Phi) is 10.5. The molecular formula is C26H34N2O3S. The molecule has 2 amide bonds. The number of nitrogens with zero attached hydrogens (tertiary/aromatic N) is 1. The van der Waals surface area contributed by atoms with E-state index in [4.69, 9.17) is 0 Å². The van der Waals surface area contributed by atoms with Gasteiger partial charge in [-0.25, -0.2) is 0 Å². The van der Waals surface area contributed by atoms with Gasteiger partial charge in [-0.2, -0.15) is 0 Å². The molecule has 2 aromatic rings. The summed E-state index contributed by atoms with van der Waals surface area (Å²) in [7, 11) is 0. The molecule has 0 radical (unpaired) electrons. The highest BCUT2D eigenvalue weighted by Crippen LogP contribution is 2.18. The first-order chi connectivity index (χ1) is 15.3. The van der Waals surface area contributed by atoms with E-state index in [2.05, 4.69) is 5.32 Å². The van der Waals surface area contributed by atoms with Gasteiger partial charge in [0.05, 0.1) is 0 Å². The van der Waals surface area contributed by atoms with Gasteiger partial charge >= 0.3 is 0 Å². The fourth-order valence-corrected chi connectivity index (χ4v) is 4.18. The van der Waals surface area contributed by atoms with E-state index < -0.39 is 6.04 Å². The summed E-state index contributed by atoms with van der Waals surface area (Å²) in [6.07, 6.45) is 1.36. The predicted octanol–water partition coefficient (Wildman–Crippen LogP) is 4.46. The molecule has 0 bridgehead atoms. The summed E-state index contributed by atoms with van der Waals surface area (Å²) in [5, 5.41) is 2.89. The fourth-order valence-electron chi connectivity index (χ4n) is 3.43. The Hall–Kier alpha value is -2.60. The molecule has 172 valence electrons. The normalized spacial score (nSPS) is 12.8. The molecular weight excluding hydrogens is 420 g/mol. The Morgan fingerprint density at radius 1 is 0.906 bits per heavy atom. The van der Waals surface area contributed by atoms with E-state index in [-0.39, 0.29) is 28.9 Å². The van der Waals surface area contributed by atoms with Crippen LogP contribution >= 0.6 is 11.8 Å². The molecule has 0 aliphatic rings. The molecule has 2 unspecified atom stereocenters. The maximum absolute atomic E-state index is 13.1. The van der Waals surface area contributed by atoms with E-state index in [1.165, 1.54) is 6.92 Å². The first-order valence-electron chi connectivity index (χ1n) is 11.1. The standard InChI is InChI=1S/C26H34N2O3S/c1-19(2)28(17-23-13-9-6-10-14-23)26(31)20(3)27-25(30)24(18-32-21(4)29)16-15-22-11-7-5-8-12-22/h5-14,19-20,24H,15-18H2,1-4H3,(H,27,30). The van der Waals surface area contributed by atoms with Crippen LogP contribution in [0.2, 0.25) is 0 Å². The Balaban J connectivity index is 2.03. The molecule has 5 nitrogen and oxygen atoms in total. The Morgan fingerprint density at radius 3 is 2.00 bits per heavy atom. The second-order valence-corrected chi connectivity index (χ2v) is 9.50. The summed E-state index contributed by atoms with van der Waals surface area (Å²) in [6, 6.07) is 19.2. The van der Waals surface area contributed by atoms with Gasteiger partial charge < -0.3 is 10.2 Å². The SMILES string of the molecule is CC(=O)SCC(CCc1ccccc1)C(=O)NC(C)C(=O)N(Cc1ccccc1)C(C)C. The van der Waals surface area contributed by atoms with Gasteiger partial charge in [-0.3, -0.25) is 14.4 Å². The zero-order valence-corrected chi connectivity index (χ0v) is 20.2. The van der Waals surface area contributed by atoms with Crippen LogP contribution in [0.1, 0.15) is 45.2 Å². The topological polar surface area (TPSA) is 66.5 Å². The van der Waals surface area contributed by atoms with Gasteiger partial charge in [-0.15, -0.1) is 0 Å². The minimum absolute atomic E-state index is 0.00389. The lowest BCUT2D eigenvalue weighted by molar-refractivity contribution is -0.138. The molecule has 6 heteroatoms. The van der Waals surface area contributed by atoms with Gasteiger partial charge in [-0.05, 0) is 44.7 Å². The number of hydrogen-bond donors (Lipinski definition) is 1. The minimum Gasteiger partial charge on any atom is -0.344 e. The third-order valence-electron chi connectivity index (χ3n) is 5.31. The van der Waals surface area contributed by atoms with Crippen molar-refractivity contribution >= 4 is 28.7 Å². The maximum Gasteiger partial charge on any atom is 0.245 e. The monoisotopic (exact) mass is 454 g/mol. The number of hydrogen-bond acceptors (Lipinski definition) is 4. The number of benzene rings is 2. The van der Waals surface area contributed by atoms with Crippen LogP contribution in [0.5, 0.6) is 0 Å². The maximum atomic E-state index is 13.1. The smallest absolute Gasteiger partial charge is 0.245 e. The summed E-state index contributed by atoms with van der Waals surface area (Å²) < 4.78 is 0. The number of carbonyl (C=O) groups excluding carboxylic acids is 3. The quantitative estimate of drug-likeness (QED) is 0.544. The first kappa shape index (κ1) is 25.7. The molecule has 1 N–H and O–H groups in total. The zero-order chi connectivity index (χ0) is 23.5. The highest BCUT2D eigenvalue weighted by molar-refractivity contribution is 8.13. The summed E-state index contributed by atoms with van der Waals surface area (Å²) in [5.74, 6) is -0.231. The number of thioether (sulfide) groups is 1. The number of aryl methyl sites for hydroxylation is 1. The average molecular weight is 455 g/mol. The Morgan fingerprint density at radius 2 is 1.47 bits per heavy atom. The highest BCUT2D eigenvalue weighted by Gasteiger charge is 2.27. The van der Waals surface area contributed by atoms with Crippen molar-refractivity contribution in [3.63, 3.8) is 0 Å². The Bertz CT molecular complexity index is 871. The van der Waals surface area contributed by atoms with E-state index in [0.717, 1.165) is 29.3 Å². The van der Waals surface area contributed by atoms with Gasteiger partial charge in [0.1, 0.15) is 6.04 Å². The molecule has 2 rings (SSSR count). The van der Waals surface area contributed by atoms with Crippen LogP contribution in [0.25, 0.3) is 0 Å². The van der Waals surface area contributed by atoms with E-state index in [1.54, 1.807) is 11.8 Å². The second-order valence-electron chi connectivity index (χ2n) is 8.30. The Labute approximate surface area is 196 Å². The third kappa shape index (κ3) is 8.50. The van der Waals surface area contributed by atoms with Crippen molar-refractivity contribution < 1.29 is 14.4 Å². The van der Waals surface area contributed by atoms with Gasteiger partial charge in [0, 0.05) is 31.2 Å². The summed E-state index contributed by atoms with van der Waals surface area (Å²) >= 11 is 1.16. The molecule has 2 aromatic carbocycles. The lowest BCUT2D eigenvalue weighted by atomic mass is 10.00. The number of amides is 2. The molecule has 32 heavy (non-hydrogen) atoms. The molecule has 0 spiro atoms. The van der Waals surface area contributed by atoms with Gasteiger partial charge in [0.2, 0.25) is 11.8 Å². The van der Waals surface area contributed by atoms with Crippen LogP contribution in [-0.4, -0.2) is 39.7 Å². The van der Waals surface area contributed by atoms with E-state index in [1.807, 2.05) is 74.5 Å². The van der Waals surface area contributed by atoms with Crippen molar-refractivity contribution in [3.8, 4) is 0 Å². The predicted molar refractivity (Wildman–Crippen MR) is 131 cm³/mol. The number of nitrogens with one attached hydrogen (secondary N) is 1. The lowest BCUT2D eigenvalue weighted by Crippen LogP contribution is -2.50. The number of carbonyl (C=O) groups is 3. The molecule has 0 fully saturated rings. The van der Waals surface area contributed by atoms with E-state index in [0.29, 0.717) is 18.7 Å². The molecule has 0 aliphatic heterocycles. The second kappa shape index (κ2) is 13.1. The molecule has 0 aliphatic carbocycles. The molecule has 0 saturated carbocycles. The van der Waals surface area contributed by atoms with Crippen LogP contribution in [0.4, 0.5) is 0 Å². The van der Waals surface area contributed by atoms with Crippen LogP contribution in [0.3, 0.4) is 0 Å². The van der Waals surface area contributed by atoms with E-state index >= 15 is 0 Å². The molecule has 0 saturated heterocycles. The van der Waals surface area contributed by atoms with Crippen LogP contribution < -0.4 is 5.32 Å². The number of rotatable bonds is 11. The van der Waals surface area contributed by atoms with Crippen LogP contribution in [-0.2, 0) is 27.3 Å². The fraction of sp³-hybridized carbons (Fsp3) is 0.423. The lowest BCUT2D eigenvalue weighted by Gasteiger charge is -2.30. The van der Waals surface area contributed by atoms with Gasteiger partial charge in [0.15, 0.2) is 5.12 Å². The average Bonchev–Trinajstić information content (AvgIpc) is 2.77. The highest BCUT2D eigenvalue weighted by atomic mass is 32.2. The summed E-state index contributed by atoms with van der Waals surface area (Å²) in [6.45, 7) is 7.68. The van der Waals surface area contributed by atoms with Gasteiger partial charge in [0.25, 0.3) is 0 Å². The van der Waals surface area contributed by atoms with Crippen LogP contribution in [0.15, 0.2) is 60.7 Å².